The Balaban J connectivity index is 1.54. The molecule has 2 heterocycles. The molecule has 2 aromatic carbocycles. The van der Waals surface area contributed by atoms with Gasteiger partial charge in [-0.1, -0.05) is 17.4 Å². The Kier molecular flexibility index (Phi) is 5.11. The highest BCUT2D eigenvalue weighted by molar-refractivity contribution is 7.20. The fourth-order valence-corrected chi connectivity index (χ4v) is 5.49. The number of ether oxygens (including phenoxy) is 2. The molecule has 1 aliphatic heterocycles. The Morgan fingerprint density at radius 1 is 1.03 bits per heavy atom. The molecule has 1 saturated carbocycles. The Hall–Kier alpha value is -3.17. The molecule has 8 nitrogen and oxygen atoms in total. The van der Waals surface area contributed by atoms with E-state index in [0.717, 1.165) is 18.4 Å². The van der Waals surface area contributed by atoms with Crippen molar-refractivity contribution < 1.29 is 24.0 Å². The van der Waals surface area contributed by atoms with Crippen LogP contribution in [0, 0.1) is 10.1 Å². The normalized spacial score (nSPS) is 20.0. The molecule has 0 amide bonds. The highest BCUT2D eigenvalue weighted by Gasteiger charge is 2.53. The Labute approximate surface area is 200 Å². The summed E-state index contributed by atoms with van der Waals surface area (Å²) in [4.78, 5) is 41.8. The molecule has 176 valence electrons. The molecule has 0 bridgehead atoms. The predicted octanol–water partition coefficient (Wildman–Crippen LogP) is 5.68. The van der Waals surface area contributed by atoms with Gasteiger partial charge in [0.1, 0.15) is 22.9 Å². The number of hydrogen-bond acceptors (Lipinski definition) is 8. The van der Waals surface area contributed by atoms with Crippen LogP contribution in [0.25, 0.3) is 10.2 Å². The molecule has 1 aromatic heterocycles. The van der Waals surface area contributed by atoms with Crippen LogP contribution in [-0.2, 0) is 14.3 Å². The van der Waals surface area contributed by atoms with Gasteiger partial charge in [-0.3, -0.25) is 19.7 Å². The topological polar surface area (TPSA) is 109 Å². The lowest BCUT2D eigenvalue weighted by molar-refractivity contribution is -0.384. The van der Waals surface area contributed by atoms with Crippen LogP contribution in [0.3, 0.4) is 0 Å². The SMILES string of the molecule is CC1(C)OC(C)(C)C(=O)C(c2cc(Oc3nc4ccc([N+](=O)[O-])cc4s3)ccc2C2CC2)C1=O. The summed E-state index contributed by atoms with van der Waals surface area (Å²) in [6, 6.07) is 9.96. The van der Waals surface area contributed by atoms with Crippen LogP contribution >= 0.6 is 11.3 Å². The number of carbonyl (C=O) groups is 2. The summed E-state index contributed by atoms with van der Waals surface area (Å²) in [7, 11) is 0. The summed E-state index contributed by atoms with van der Waals surface area (Å²) in [5.41, 5.74) is 0.0474. The summed E-state index contributed by atoms with van der Waals surface area (Å²) in [6.07, 6.45) is 2.03. The molecule has 0 N–H and O–H groups in total. The Bertz CT molecular complexity index is 1330. The van der Waals surface area contributed by atoms with Gasteiger partial charge in [0.15, 0.2) is 11.6 Å². The van der Waals surface area contributed by atoms with Crippen LogP contribution in [0.4, 0.5) is 5.69 Å². The van der Waals surface area contributed by atoms with E-state index in [1.165, 1.54) is 23.5 Å². The van der Waals surface area contributed by atoms with Gasteiger partial charge < -0.3 is 9.47 Å². The minimum absolute atomic E-state index is 0.0134. The molecule has 2 fully saturated rings. The highest BCUT2D eigenvalue weighted by Crippen LogP contribution is 2.48. The average molecular weight is 481 g/mol. The fraction of sp³-hybridized carbons (Fsp3) is 0.400. The summed E-state index contributed by atoms with van der Waals surface area (Å²) < 4.78 is 12.5. The van der Waals surface area contributed by atoms with E-state index in [0.29, 0.717) is 32.6 Å². The third-order valence-corrected chi connectivity index (χ3v) is 7.27. The number of nitrogens with zero attached hydrogens (tertiary/aromatic N) is 2. The number of nitro groups is 1. The third kappa shape index (κ3) is 3.88. The lowest BCUT2D eigenvalue weighted by Crippen LogP contribution is -2.58. The number of hydrogen-bond donors (Lipinski definition) is 0. The van der Waals surface area contributed by atoms with E-state index in [1.807, 2.05) is 12.1 Å². The first-order valence-electron chi connectivity index (χ1n) is 11.1. The van der Waals surface area contributed by atoms with E-state index in [4.69, 9.17) is 9.47 Å². The maximum atomic E-state index is 13.4. The number of carbonyl (C=O) groups excluding carboxylic acids is 2. The zero-order valence-electron chi connectivity index (χ0n) is 19.3. The average Bonchev–Trinajstić information content (AvgIpc) is 3.51. The van der Waals surface area contributed by atoms with Gasteiger partial charge in [-0.05, 0) is 75.8 Å². The van der Waals surface area contributed by atoms with Gasteiger partial charge in [0.2, 0.25) is 0 Å². The lowest BCUT2D eigenvalue weighted by Gasteiger charge is -2.43. The van der Waals surface area contributed by atoms with Gasteiger partial charge in [0, 0.05) is 12.1 Å². The predicted molar refractivity (Wildman–Crippen MR) is 127 cm³/mol. The van der Waals surface area contributed by atoms with E-state index >= 15 is 0 Å². The molecule has 0 atom stereocenters. The first-order chi connectivity index (χ1) is 16.0. The maximum absolute atomic E-state index is 13.4. The minimum atomic E-state index is -1.10. The largest absolute Gasteiger partial charge is 0.431 e. The van der Waals surface area contributed by atoms with Crippen LogP contribution in [-0.4, -0.2) is 32.7 Å². The van der Waals surface area contributed by atoms with Crippen LogP contribution in [0.2, 0.25) is 0 Å². The van der Waals surface area contributed by atoms with Crippen molar-refractivity contribution in [3.63, 3.8) is 0 Å². The lowest BCUT2D eigenvalue weighted by atomic mass is 9.73. The number of aromatic nitrogens is 1. The molecule has 1 aliphatic carbocycles. The van der Waals surface area contributed by atoms with Gasteiger partial charge in [-0.15, -0.1) is 0 Å². The van der Waals surface area contributed by atoms with E-state index in [9.17, 15) is 19.7 Å². The molecule has 2 aliphatic rings. The molecule has 1 saturated heterocycles. The number of Topliss-reactive ketones (excluding diaryl/α,β-unsaturated/α-hetero) is 2. The zero-order chi connectivity index (χ0) is 24.4. The van der Waals surface area contributed by atoms with Gasteiger partial charge >= 0.3 is 0 Å². The second-order valence-corrected chi connectivity index (χ2v) is 10.8. The molecule has 34 heavy (non-hydrogen) atoms. The van der Waals surface area contributed by atoms with E-state index in [-0.39, 0.29) is 17.3 Å². The standard InChI is InChI=1S/C25H24N2O6S/c1-24(2)21(28)20(22(29)25(3,4)33-24)17-12-15(8-9-16(17)13-5-6-13)32-23-26-18-10-7-14(27(30)31)11-19(18)34-23/h7-13,20H,5-6H2,1-4H3. The number of rotatable bonds is 5. The first-order valence-corrected chi connectivity index (χ1v) is 11.9. The number of nitro benzene ring substituents is 1. The van der Waals surface area contributed by atoms with Crippen molar-refractivity contribution in [1.29, 1.82) is 0 Å². The summed E-state index contributed by atoms with van der Waals surface area (Å²) in [5.74, 6) is -0.681. The van der Waals surface area contributed by atoms with Crippen molar-refractivity contribution in [2.45, 2.75) is 63.6 Å². The van der Waals surface area contributed by atoms with E-state index < -0.39 is 22.0 Å². The minimum Gasteiger partial charge on any atom is -0.431 e. The van der Waals surface area contributed by atoms with Crippen molar-refractivity contribution in [2.75, 3.05) is 0 Å². The molecule has 3 aromatic rings. The van der Waals surface area contributed by atoms with Crippen molar-refractivity contribution in [2.24, 2.45) is 0 Å². The fourth-order valence-electron chi connectivity index (χ4n) is 4.62. The van der Waals surface area contributed by atoms with Crippen LogP contribution in [0.15, 0.2) is 36.4 Å². The molecule has 5 rings (SSSR count). The van der Waals surface area contributed by atoms with E-state index in [1.54, 1.807) is 39.8 Å². The summed E-state index contributed by atoms with van der Waals surface area (Å²) in [6.45, 7) is 6.81. The number of benzene rings is 2. The Morgan fingerprint density at radius 3 is 2.32 bits per heavy atom. The van der Waals surface area contributed by atoms with Crippen LogP contribution in [0.1, 0.15) is 63.5 Å². The highest BCUT2D eigenvalue weighted by atomic mass is 32.1. The van der Waals surface area contributed by atoms with E-state index in [2.05, 4.69) is 4.98 Å². The van der Waals surface area contributed by atoms with Crippen molar-refractivity contribution in [3.05, 3.63) is 57.6 Å². The number of ketones is 2. The first kappa shape index (κ1) is 22.6. The monoisotopic (exact) mass is 480 g/mol. The van der Waals surface area contributed by atoms with Crippen LogP contribution < -0.4 is 4.74 Å². The molecule has 0 spiro atoms. The van der Waals surface area contributed by atoms with Crippen molar-refractivity contribution in [3.8, 4) is 10.9 Å². The van der Waals surface area contributed by atoms with Crippen molar-refractivity contribution in [1.82, 2.24) is 4.98 Å². The van der Waals surface area contributed by atoms with Gasteiger partial charge in [-0.2, -0.15) is 0 Å². The summed E-state index contributed by atoms with van der Waals surface area (Å²) >= 11 is 1.20. The van der Waals surface area contributed by atoms with Crippen LogP contribution in [0.5, 0.6) is 10.9 Å². The molecule has 0 radical (unpaired) electrons. The number of non-ortho nitro benzene ring substituents is 1. The maximum Gasteiger partial charge on any atom is 0.279 e. The summed E-state index contributed by atoms with van der Waals surface area (Å²) in [5, 5.41) is 11.4. The van der Waals surface area contributed by atoms with Gasteiger partial charge in [0.25, 0.3) is 10.9 Å². The van der Waals surface area contributed by atoms with Gasteiger partial charge in [0.05, 0.1) is 15.1 Å². The molecule has 0 unspecified atom stereocenters. The molecular weight excluding hydrogens is 456 g/mol. The Morgan fingerprint density at radius 2 is 1.71 bits per heavy atom. The molecule has 9 heteroatoms. The zero-order valence-corrected chi connectivity index (χ0v) is 20.1. The smallest absolute Gasteiger partial charge is 0.279 e. The number of fused-ring (bicyclic) bond motifs is 1. The van der Waals surface area contributed by atoms with Crippen molar-refractivity contribution >= 4 is 38.8 Å². The second kappa shape index (κ2) is 7.68. The second-order valence-electron chi connectivity index (χ2n) is 9.84. The number of thiazole rings is 1. The third-order valence-electron chi connectivity index (χ3n) is 6.38. The van der Waals surface area contributed by atoms with Gasteiger partial charge in [-0.25, -0.2) is 4.98 Å². The quantitative estimate of drug-likeness (QED) is 0.262. The molecular formula is C25H24N2O6S.